The maximum Gasteiger partial charge on any atom is 0.0623 e. The van der Waals surface area contributed by atoms with Crippen molar-refractivity contribution in [2.24, 2.45) is 5.92 Å². The van der Waals surface area contributed by atoms with Gasteiger partial charge in [-0.25, -0.2) is 0 Å². The molecule has 2 atom stereocenters. The van der Waals surface area contributed by atoms with E-state index in [9.17, 15) is 5.11 Å². The highest BCUT2D eigenvalue weighted by atomic mass is 16.3. The van der Waals surface area contributed by atoms with E-state index in [1.807, 2.05) is 0 Å². The molecule has 2 N–H and O–H groups in total. The highest BCUT2D eigenvalue weighted by Crippen LogP contribution is 2.18. The van der Waals surface area contributed by atoms with Gasteiger partial charge in [0.05, 0.1) is 12.1 Å². The average Bonchev–Trinajstić information content (AvgIpc) is 2.43. The molecule has 1 rings (SSSR count). The molecule has 1 aliphatic rings. The Morgan fingerprint density at radius 3 is 2.65 bits per heavy atom. The third kappa shape index (κ3) is 5.36. The molecule has 102 valence electrons. The van der Waals surface area contributed by atoms with Crippen molar-refractivity contribution in [2.45, 2.75) is 58.5 Å². The van der Waals surface area contributed by atoms with Crippen LogP contribution < -0.4 is 5.32 Å². The highest BCUT2D eigenvalue weighted by Gasteiger charge is 2.27. The highest BCUT2D eigenvalue weighted by molar-refractivity contribution is 4.88. The third-order valence-corrected chi connectivity index (χ3v) is 3.67. The molecular weight excluding hydrogens is 212 g/mol. The predicted molar refractivity (Wildman–Crippen MR) is 73.2 cm³/mol. The van der Waals surface area contributed by atoms with Gasteiger partial charge < -0.3 is 15.3 Å². The third-order valence-electron chi connectivity index (χ3n) is 3.67. The SMILES string of the molecule is CC1CCCN(CC(C)(CO)NC(C)C)CC1. The Morgan fingerprint density at radius 1 is 1.35 bits per heavy atom. The molecule has 0 saturated carbocycles. The van der Waals surface area contributed by atoms with E-state index >= 15 is 0 Å². The molecule has 0 spiro atoms. The van der Waals surface area contributed by atoms with Crippen molar-refractivity contribution in [3.63, 3.8) is 0 Å². The van der Waals surface area contributed by atoms with E-state index in [0.29, 0.717) is 6.04 Å². The second kappa shape index (κ2) is 6.72. The van der Waals surface area contributed by atoms with Crippen molar-refractivity contribution in [2.75, 3.05) is 26.2 Å². The van der Waals surface area contributed by atoms with Crippen LogP contribution in [0.2, 0.25) is 0 Å². The Balaban J connectivity index is 2.49. The van der Waals surface area contributed by atoms with Gasteiger partial charge in [-0.05, 0) is 45.2 Å². The summed E-state index contributed by atoms with van der Waals surface area (Å²) in [7, 11) is 0. The molecule has 3 nitrogen and oxygen atoms in total. The molecule has 0 aromatic heterocycles. The Bertz CT molecular complexity index is 220. The zero-order valence-electron chi connectivity index (χ0n) is 12.0. The van der Waals surface area contributed by atoms with Crippen molar-refractivity contribution < 1.29 is 5.11 Å². The van der Waals surface area contributed by atoms with E-state index in [4.69, 9.17) is 0 Å². The van der Waals surface area contributed by atoms with Crippen molar-refractivity contribution in [1.82, 2.24) is 10.2 Å². The molecule has 1 saturated heterocycles. The molecule has 0 aromatic rings. The summed E-state index contributed by atoms with van der Waals surface area (Å²) in [4.78, 5) is 2.51. The first-order valence-corrected chi connectivity index (χ1v) is 7.06. The first kappa shape index (κ1) is 14.9. The Kier molecular flexibility index (Phi) is 5.90. The minimum atomic E-state index is -0.165. The summed E-state index contributed by atoms with van der Waals surface area (Å²) in [6.07, 6.45) is 3.94. The van der Waals surface area contributed by atoms with Crippen LogP contribution in [0.1, 0.15) is 47.0 Å². The minimum absolute atomic E-state index is 0.165. The van der Waals surface area contributed by atoms with Gasteiger partial charge in [0.2, 0.25) is 0 Å². The monoisotopic (exact) mass is 242 g/mol. The molecule has 0 amide bonds. The summed E-state index contributed by atoms with van der Waals surface area (Å²) >= 11 is 0. The van der Waals surface area contributed by atoms with Gasteiger partial charge in [-0.1, -0.05) is 20.8 Å². The van der Waals surface area contributed by atoms with Gasteiger partial charge in [0.15, 0.2) is 0 Å². The number of aliphatic hydroxyl groups excluding tert-OH is 1. The number of aliphatic hydroxyl groups is 1. The number of hydrogen-bond donors (Lipinski definition) is 2. The molecule has 2 unspecified atom stereocenters. The van der Waals surface area contributed by atoms with E-state index < -0.39 is 0 Å². The fraction of sp³-hybridized carbons (Fsp3) is 1.00. The molecule has 1 fully saturated rings. The fourth-order valence-electron chi connectivity index (χ4n) is 2.81. The lowest BCUT2D eigenvalue weighted by atomic mass is 10.0. The summed E-state index contributed by atoms with van der Waals surface area (Å²) in [6.45, 7) is 12.3. The number of hydrogen-bond acceptors (Lipinski definition) is 3. The average molecular weight is 242 g/mol. The summed E-state index contributed by atoms with van der Waals surface area (Å²) in [6, 6.07) is 0.415. The molecule has 1 aliphatic heterocycles. The fourth-order valence-corrected chi connectivity index (χ4v) is 2.81. The van der Waals surface area contributed by atoms with Gasteiger partial charge in [-0.3, -0.25) is 0 Å². The van der Waals surface area contributed by atoms with E-state index in [2.05, 4.69) is 37.9 Å². The summed E-state index contributed by atoms with van der Waals surface area (Å²) in [5.74, 6) is 0.860. The van der Waals surface area contributed by atoms with Crippen molar-refractivity contribution in [1.29, 1.82) is 0 Å². The van der Waals surface area contributed by atoms with Crippen LogP contribution in [0.5, 0.6) is 0 Å². The maximum absolute atomic E-state index is 9.60. The van der Waals surface area contributed by atoms with Crippen molar-refractivity contribution in [3.8, 4) is 0 Å². The summed E-state index contributed by atoms with van der Waals surface area (Å²) in [5, 5.41) is 13.1. The Hall–Kier alpha value is -0.120. The van der Waals surface area contributed by atoms with Crippen LogP contribution in [0.25, 0.3) is 0 Å². The van der Waals surface area contributed by atoms with Crippen LogP contribution in [0.3, 0.4) is 0 Å². The predicted octanol–water partition coefficient (Wildman–Crippen LogP) is 1.86. The zero-order chi connectivity index (χ0) is 12.9. The lowest BCUT2D eigenvalue weighted by molar-refractivity contribution is 0.114. The van der Waals surface area contributed by atoms with E-state index in [1.165, 1.54) is 32.4 Å². The van der Waals surface area contributed by atoms with Gasteiger partial charge in [0, 0.05) is 12.6 Å². The smallest absolute Gasteiger partial charge is 0.0623 e. The van der Waals surface area contributed by atoms with Crippen LogP contribution in [0.4, 0.5) is 0 Å². The number of nitrogens with zero attached hydrogens (tertiary/aromatic N) is 1. The quantitative estimate of drug-likeness (QED) is 0.772. The number of nitrogens with one attached hydrogen (secondary N) is 1. The minimum Gasteiger partial charge on any atom is -0.394 e. The normalized spacial score (nSPS) is 26.8. The molecule has 17 heavy (non-hydrogen) atoms. The van der Waals surface area contributed by atoms with Crippen LogP contribution in [-0.4, -0.2) is 47.8 Å². The van der Waals surface area contributed by atoms with E-state index in [-0.39, 0.29) is 12.1 Å². The van der Waals surface area contributed by atoms with Gasteiger partial charge in [0.1, 0.15) is 0 Å². The van der Waals surface area contributed by atoms with Gasteiger partial charge in [-0.2, -0.15) is 0 Å². The molecule has 0 aromatic carbocycles. The van der Waals surface area contributed by atoms with Crippen molar-refractivity contribution >= 4 is 0 Å². The maximum atomic E-state index is 9.60. The Morgan fingerprint density at radius 2 is 2.06 bits per heavy atom. The molecule has 0 aliphatic carbocycles. The number of rotatable bonds is 5. The van der Waals surface area contributed by atoms with Crippen LogP contribution in [0.15, 0.2) is 0 Å². The zero-order valence-corrected chi connectivity index (χ0v) is 12.0. The molecule has 1 heterocycles. The van der Waals surface area contributed by atoms with E-state index in [0.717, 1.165) is 12.5 Å². The molecule has 0 bridgehead atoms. The molecule has 3 heteroatoms. The number of likely N-dealkylation sites (tertiary alicyclic amines) is 1. The lowest BCUT2D eigenvalue weighted by Crippen LogP contribution is -2.56. The van der Waals surface area contributed by atoms with Gasteiger partial charge in [-0.15, -0.1) is 0 Å². The standard InChI is InChI=1S/C14H30N2O/c1-12(2)15-14(4,11-17)10-16-8-5-6-13(3)7-9-16/h12-13,15,17H,5-11H2,1-4H3. The van der Waals surface area contributed by atoms with Crippen LogP contribution >= 0.6 is 0 Å². The van der Waals surface area contributed by atoms with Crippen LogP contribution in [-0.2, 0) is 0 Å². The summed E-state index contributed by atoms with van der Waals surface area (Å²) in [5.41, 5.74) is -0.165. The summed E-state index contributed by atoms with van der Waals surface area (Å²) < 4.78 is 0. The molecule has 0 radical (unpaired) electrons. The van der Waals surface area contributed by atoms with Crippen molar-refractivity contribution in [3.05, 3.63) is 0 Å². The van der Waals surface area contributed by atoms with E-state index in [1.54, 1.807) is 0 Å². The topological polar surface area (TPSA) is 35.5 Å². The second-order valence-electron chi connectivity index (χ2n) is 6.33. The second-order valence-corrected chi connectivity index (χ2v) is 6.33. The first-order chi connectivity index (χ1) is 7.95. The van der Waals surface area contributed by atoms with Gasteiger partial charge >= 0.3 is 0 Å². The Labute approximate surface area is 107 Å². The van der Waals surface area contributed by atoms with Gasteiger partial charge in [0.25, 0.3) is 0 Å². The van der Waals surface area contributed by atoms with Crippen LogP contribution in [0, 0.1) is 5.92 Å². The molecular formula is C14H30N2O. The largest absolute Gasteiger partial charge is 0.394 e. The lowest BCUT2D eigenvalue weighted by Gasteiger charge is -2.36. The first-order valence-electron chi connectivity index (χ1n) is 7.06.